The third-order valence-corrected chi connectivity index (χ3v) is 5.79. The first-order chi connectivity index (χ1) is 8.49. The van der Waals surface area contributed by atoms with E-state index in [0.29, 0.717) is 6.54 Å². The highest BCUT2D eigenvalue weighted by molar-refractivity contribution is 7.89. The first-order valence-corrected chi connectivity index (χ1v) is 8.85. The molecule has 18 heavy (non-hydrogen) atoms. The molecule has 0 amide bonds. The van der Waals surface area contributed by atoms with Gasteiger partial charge >= 0.3 is 0 Å². The second kappa shape index (κ2) is 5.88. The normalized spacial score (nSPS) is 28.4. The molecule has 1 aliphatic heterocycles. The molecule has 106 valence electrons. The van der Waals surface area contributed by atoms with Gasteiger partial charge in [-0.3, -0.25) is 0 Å². The summed E-state index contributed by atoms with van der Waals surface area (Å²) < 4.78 is 26.9. The van der Waals surface area contributed by atoms with E-state index in [1.165, 1.54) is 19.3 Å². The molecule has 2 fully saturated rings. The first kappa shape index (κ1) is 14.3. The Morgan fingerprint density at radius 2 is 1.94 bits per heavy atom. The molecule has 1 saturated carbocycles. The molecule has 0 spiro atoms. The summed E-state index contributed by atoms with van der Waals surface area (Å²) in [5.74, 6) is 0.239. The quantitative estimate of drug-likeness (QED) is 0.801. The lowest BCUT2D eigenvalue weighted by Gasteiger charge is -2.26. The fourth-order valence-corrected chi connectivity index (χ4v) is 4.58. The van der Waals surface area contributed by atoms with Gasteiger partial charge in [-0.25, -0.2) is 13.1 Å². The Labute approximate surface area is 111 Å². The van der Waals surface area contributed by atoms with Crippen molar-refractivity contribution >= 4 is 10.0 Å². The Morgan fingerprint density at radius 1 is 1.22 bits per heavy atom. The molecule has 1 heterocycles. The van der Waals surface area contributed by atoms with Gasteiger partial charge in [-0.2, -0.15) is 0 Å². The fraction of sp³-hybridized carbons (Fsp3) is 1.00. The van der Waals surface area contributed by atoms with E-state index in [4.69, 9.17) is 0 Å². The van der Waals surface area contributed by atoms with Gasteiger partial charge in [-0.15, -0.1) is 0 Å². The summed E-state index contributed by atoms with van der Waals surface area (Å²) >= 11 is 0. The molecule has 2 N–H and O–H groups in total. The minimum Gasteiger partial charge on any atom is -0.313 e. The lowest BCUT2D eigenvalue weighted by molar-refractivity contribution is 0.335. The third kappa shape index (κ3) is 4.21. The van der Waals surface area contributed by atoms with E-state index in [9.17, 15) is 8.42 Å². The van der Waals surface area contributed by atoms with E-state index in [-0.39, 0.29) is 17.2 Å². The van der Waals surface area contributed by atoms with E-state index in [2.05, 4.69) is 17.0 Å². The maximum absolute atomic E-state index is 12.0. The molecule has 2 rings (SSSR count). The molecule has 2 aliphatic rings. The molecule has 0 radical (unpaired) electrons. The number of nitrogens with one attached hydrogen (secondary N) is 2. The van der Waals surface area contributed by atoms with E-state index >= 15 is 0 Å². The maximum atomic E-state index is 12.0. The van der Waals surface area contributed by atoms with E-state index in [1.807, 2.05) is 0 Å². The average Bonchev–Trinajstić information content (AvgIpc) is 2.76. The fourth-order valence-electron chi connectivity index (χ4n) is 3.08. The molecule has 0 aromatic carbocycles. The summed E-state index contributed by atoms with van der Waals surface area (Å²) in [4.78, 5) is 0. The summed E-state index contributed by atoms with van der Waals surface area (Å²) in [6.45, 7) is 3.77. The van der Waals surface area contributed by atoms with Crippen molar-refractivity contribution in [3.63, 3.8) is 0 Å². The van der Waals surface area contributed by atoms with Crippen LogP contribution in [0.3, 0.4) is 0 Å². The third-order valence-electron chi connectivity index (χ3n) is 4.36. The molecule has 1 aliphatic carbocycles. The van der Waals surface area contributed by atoms with Gasteiger partial charge in [0.25, 0.3) is 0 Å². The molecule has 1 atom stereocenters. The van der Waals surface area contributed by atoms with E-state index in [1.54, 1.807) is 0 Å². The summed E-state index contributed by atoms with van der Waals surface area (Å²) in [6.07, 6.45) is 8.07. The lowest BCUT2D eigenvalue weighted by Crippen LogP contribution is -2.44. The zero-order valence-electron chi connectivity index (χ0n) is 11.4. The van der Waals surface area contributed by atoms with E-state index < -0.39 is 10.0 Å². The van der Waals surface area contributed by atoms with Gasteiger partial charge in [0.1, 0.15) is 0 Å². The SMILES string of the molecule is CC1(CNS(=O)(=O)CC2CCCCN2)CCCC1. The highest BCUT2D eigenvalue weighted by Gasteiger charge is 2.30. The monoisotopic (exact) mass is 274 g/mol. The Balaban J connectivity index is 1.79. The molecular formula is C13H26N2O2S. The number of hydrogen-bond acceptors (Lipinski definition) is 3. The predicted octanol–water partition coefficient (Wildman–Crippen LogP) is 1.63. The molecule has 0 bridgehead atoms. The van der Waals surface area contributed by atoms with Crippen molar-refractivity contribution in [1.82, 2.24) is 10.0 Å². The second-order valence-corrected chi connectivity index (χ2v) is 8.12. The van der Waals surface area contributed by atoms with Crippen LogP contribution in [0.15, 0.2) is 0 Å². The van der Waals surface area contributed by atoms with Crippen molar-refractivity contribution < 1.29 is 8.42 Å². The minimum absolute atomic E-state index is 0.146. The lowest BCUT2D eigenvalue weighted by atomic mass is 9.89. The molecule has 0 aromatic rings. The molecular weight excluding hydrogens is 248 g/mol. The Morgan fingerprint density at radius 3 is 2.56 bits per heavy atom. The minimum atomic E-state index is -3.12. The van der Waals surface area contributed by atoms with Gasteiger partial charge in [-0.1, -0.05) is 26.2 Å². The Hall–Kier alpha value is -0.130. The highest BCUT2D eigenvalue weighted by atomic mass is 32.2. The molecule has 0 aromatic heterocycles. The summed E-state index contributed by atoms with van der Waals surface area (Å²) in [5.41, 5.74) is 0.188. The first-order valence-electron chi connectivity index (χ1n) is 7.20. The standard InChI is InChI=1S/C13H26N2O2S/c1-13(7-3-4-8-13)11-15-18(16,17)10-12-6-2-5-9-14-12/h12,14-15H,2-11H2,1H3. The van der Waals surface area contributed by atoms with Crippen molar-refractivity contribution in [3.05, 3.63) is 0 Å². The van der Waals surface area contributed by atoms with Crippen LogP contribution in [0.5, 0.6) is 0 Å². The summed E-state index contributed by atoms with van der Waals surface area (Å²) in [7, 11) is -3.12. The van der Waals surface area contributed by atoms with Crippen molar-refractivity contribution in [2.45, 2.75) is 57.9 Å². The van der Waals surface area contributed by atoms with Crippen LogP contribution in [0, 0.1) is 5.41 Å². The summed E-state index contributed by atoms with van der Waals surface area (Å²) in [5, 5.41) is 3.29. The average molecular weight is 274 g/mol. The molecule has 5 heteroatoms. The van der Waals surface area contributed by atoms with Crippen LogP contribution in [0.4, 0.5) is 0 Å². The Kier molecular flexibility index (Phi) is 4.67. The van der Waals surface area contributed by atoms with Gasteiger partial charge < -0.3 is 5.32 Å². The topological polar surface area (TPSA) is 58.2 Å². The van der Waals surface area contributed by atoms with Crippen LogP contribution >= 0.6 is 0 Å². The number of sulfonamides is 1. The van der Waals surface area contributed by atoms with Crippen molar-refractivity contribution in [3.8, 4) is 0 Å². The number of piperidine rings is 1. The second-order valence-electron chi connectivity index (χ2n) is 6.27. The molecule has 1 saturated heterocycles. The number of hydrogen-bond donors (Lipinski definition) is 2. The Bertz CT molecular complexity index is 355. The smallest absolute Gasteiger partial charge is 0.213 e. The van der Waals surface area contributed by atoms with Crippen LogP contribution in [0.1, 0.15) is 51.9 Å². The van der Waals surface area contributed by atoms with Crippen LogP contribution in [0.2, 0.25) is 0 Å². The van der Waals surface area contributed by atoms with Gasteiger partial charge in [0.05, 0.1) is 5.75 Å². The maximum Gasteiger partial charge on any atom is 0.213 e. The van der Waals surface area contributed by atoms with Gasteiger partial charge in [-0.05, 0) is 37.6 Å². The number of rotatable bonds is 5. The zero-order valence-corrected chi connectivity index (χ0v) is 12.2. The van der Waals surface area contributed by atoms with Gasteiger partial charge in [0.2, 0.25) is 10.0 Å². The van der Waals surface area contributed by atoms with Crippen LogP contribution in [-0.4, -0.2) is 33.3 Å². The summed E-state index contributed by atoms with van der Waals surface area (Å²) in [6, 6.07) is 0.146. The van der Waals surface area contributed by atoms with Crippen LogP contribution in [-0.2, 0) is 10.0 Å². The van der Waals surface area contributed by atoms with Gasteiger partial charge in [0.15, 0.2) is 0 Å². The van der Waals surface area contributed by atoms with Crippen molar-refractivity contribution in [2.75, 3.05) is 18.8 Å². The van der Waals surface area contributed by atoms with Crippen LogP contribution < -0.4 is 10.0 Å². The van der Waals surface area contributed by atoms with Crippen LogP contribution in [0.25, 0.3) is 0 Å². The largest absolute Gasteiger partial charge is 0.313 e. The highest BCUT2D eigenvalue weighted by Crippen LogP contribution is 2.36. The van der Waals surface area contributed by atoms with E-state index in [0.717, 1.165) is 32.2 Å². The molecule has 4 nitrogen and oxygen atoms in total. The molecule has 1 unspecified atom stereocenters. The predicted molar refractivity (Wildman–Crippen MR) is 74.0 cm³/mol. The van der Waals surface area contributed by atoms with Crippen molar-refractivity contribution in [2.24, 2.45) is 5.41 Å². The zero-order chi connectivity index (χ0) is 13.1. The van der Waals surface area contributed by atoms with Gasteiger partial charge in [0, 0.05) is 12.6 Å². The van der Waals surface area contributed by atoms with Crippen molar-refractivity contribution in [1.29, 1.82) is 0 Å².